The lowest BCUT2D eigenvalue weighted by Crippen LogP contribution is -2.31. The first-order valence-corrected chi connectivity index (χ1v) is 7.33. The van der Waals surface area contributed by atoms with Crippen LogP contribution < -0.4 is 5.73 Å². The summed E-state index contributed by atoms with van der Waals surface area (Å²) in [6, 6.07) is 3.76. The third-order valence-corrected chi connectivity index (χ3v) is 3.97. The molecule has 1 rings (SSSR count). The van der Waals surface area contributed by atoms with E-state index in [0.717, 1.165) is 5.56 Å². The zero-order valence-electron chi connectivity index (χ0n) is 10.9. The van der Waals surface area contributed by atoms with E-state index in [4.69, 9.17) is 17.3 Å². The van der Waals surface area contributed by atoms with E-state index in [1.54, 1.807) is 17.8 Å². The first-order chi connectivity index (χ1) is 9.45. The first kappa shape index (κ1) is 16.7. The van der Waals surface area contributed by atoms with E-state index in [1.807, 2.05) is 0 Å². The number of nitrogens with two attached hydrogens (primary N) is 1. The summed E-state index contributed by atoms with van der Waals surface area (Å²) in [6.45, 7) is 0. The number of ether oxygens (including phenoxy) is 1. The molecule has 0 aliphatic heterocycles. The van der Waals surface area contributed by atoms with Crippen LogP contribution in [0.15, 0.2) is 18.2 Å². The van der Waals surface area contributed by atoms with E-state index in [2.05, 4.69) is 4.74 Å². The summed E-state index contributed by atoms with van der Waals surface area (Å²) in [7, 11) is 1.30. The molecule has 0 saturated heterocycles. The second-order valence-electron chi connectivity index (χ2n) is 4.00. The maximum absolute atomic E-state index is 11.1. The van der Waals surface area contributed by atoms with E-state index in [0.29, 0.717) is 22.9 Å². The maximum atomic E-state index is 11.1. The van der Waals surface area contributed by atoms with Gasteiger partial charge in [0.15, 0.2) is 0 Å². The minimum absolute atomic E-state index is 0.0311. The Morgan fingerprint density at radius 2 is 2.30 bits per heavy atom. The van der Waals surface area contributed by atoms with Crippen molar-refractivity contribution in [3.63, 3.8) is 0 Å². The van der Waals surface area contributed by atoms with Crippen LogP contribution in [-0.4, -0.2) is 29.8 Å². The standard InChI is InChI=1S/C12H15ClN2O4S/c1-19-12(16)11(14)4-5-20-7-8-2-3-9(15(17)18)6-10(8)13/h2-3,6,11H,4-5,7,14H2,1H3. The number of hydrogen-bond donors (Lipinski definition) is 1. The SMILES string of the molecule is COC(=O)C(N)CCSCc1ccc([N+](=O)[O-])cc1Cl. The van der Waals surface area contributed by atoms with Crippen LogP contribution in [0.5, 0.6) is 0 Å². The van der Waals surface area contributed by atoms with E-state index < -0.39 is 16.9 Å². The Morgan fingerprint density at radius 1 is 1.60 bits per heavy atom. The number of carbonyl (C=O) groups excluding carboxylic acids is 1. The molecule has 8 heteroatoms. The Hall–Kier alpha value is -1.31. The zero-order chi connectivity index (χ0) is 15.1. The Bertz CT molecular complexity index is 498. The van der Waals surface area contributed by atoms with Crippen molar-refractivity contribution in [1.82, 2.24) is 0 Å². The number of non-ortho nitro benzene ring substituents is 1. The number of rotatable bonds is 7. The summed E-state index contributed by atoms with van der Waals surface area (Å²) in [6.07, 6.45) is 0.502. The van der Waals surface area contributed by atoms with Gasteiger partial charge < -0.3 is 10.5 Å². The van der Waals surface area contributed by atoms with Gasteiger partial charge >= 0.3 is 5.97 Å². The molecule has 110 valence electrons. The number of nitro benzene ring substituents is 1. The molecule has 0 aromatic heterocycles. The number of carbonyl (C=O) groups is 1. The van der Waals surface area contributed by atoms with Gasteiger partial charge in [0, 0.05) is 17.9 Å². The highest BCUT2D eigenvalue weighted by Crippen LogP contribution is 2.26. The molecule has 0 spiro atoms. The average molecular weight is 319 g/mol. The Labute approximate surface area is 125 Å². The van der Waals surface area contributed by atoms with Gasteiger partial charge in [-0.2, -0.15) is 11.8 Å². The molecule has 6 nitrogen and oxygen atoms in total. The van der Waals surface area contributed by atoms with E-state index >= 15 is 0 Å². The molecule has 0 radical (unpaired) electrons. The van der Waals surface area contributed by atoms with E-state index in [9.17, 15) is 14.9 Å². The van der Waals surface area contributed by atoms with Crippen LogP contribution in [0.25, 0.3) is 0 Å². The molecular formula is C12H15ClN2O4S. The molecule has 0 aliphatic carbocycles. The van der Waals surface area contributed by atoms with Crippen molar-refractivity contribution < 1.29 is 14.5 Å². The van der Waals surface area contributed by atoms with Crippen molar-refractivity contribution in [3.05, 3.63) is 38.9 Å². The van der Waals surface area contributed by atoms with Crippen LogP contribution in [0.3, 0.4) is 0 Å². The van der Waals surface area contributed by atoms with Crippen molar-refractivity contribution >= 4 is 35.0 Å². The average Bonchev–Trinajstić information content (AvgIpc) is 2.43. The maximum Gasteiger partial charge on any atom is 0.322 e. The normalized spacial score (nSPS) is 11.9. The fraction of sp³-hybridized carbons (Fsp3) is 0.417. The smallest absolute Gasteiger partial charge is 0.322 e. The highest BCUT2D eigenvalue weighted by atomic mass is 35.5. The van der Waals surface area contributed by atoms with Crippen LogP contribution in [-0.2, 0) is 15.3 Å². The highest BCUT2D eigenvalue weighted by molar-refractivity contribution is 7.98. The third kappa shape index (κ3) is 4.99. The molecule has 0 amide bonds. The summed E-state index contributed by atoms with van der Waals surface area (Å²) >= 11 is 7.52. The van der Waals surface area contributed by atoms with Gasteiger partial charge in [0.2, 0.25) is 0 Å². The van der Waals surface area contributed by atoms with Crippen LogP contribution in [0.4, 0.5) is 5.69 Å². The Morgan fingerprint density at radius 3 is 2.85 bits per heavy atom. The van der Waals surface area contributed by atoms with E-state index in [-0.39, 0.29) is 5.69 Å². The molecule has 0 bridgehead atoms. The van der Waals surface area contributed by atoms with Crippen molar-refractivity contribution in [2.75, 3.05) is 12.9 Å². The van der Waals surface area contributed by atoms with Crippen LogP contribution in [0, 0.1) is 10.1 Å². The number of thioether (sulfide) groups is 1. The first-order valence-electron chi connectivity index (χ1n) is 5.79. The fourth-order valence-corrected chi connectivity index (χ4v) is 2.79. The summed E-state index contributed by atoms with van der Waals surface area (Å²) in [5, 5.41) is 10.9. The Kier molecular flexibility index (Phi) is 6.77. The van der Waals surface area contributed by atoms with Gasteiger partial charge in [0.25, 0.3) is 5.69 Å². The molecule has 1 aromatic carbocycles. The van der Waals surface area contributed by atoms with Crippen molar-refractivity contribution in [1.29, 1.82) is 0 Å². The summed E-state index contributed by atoms with van der Waals surface area (Å²) in [4.78, 5) is 21.2. The number of methoxy groups -OCH3 is 1. The quantitative estimate of drug-likeness (QED) is 0.359. The number of benzene rings is 1. The minimum atomic E-state index is -0.625. The zero-order valence-corrected chi connectivity index (χ0v) is 12.4. The molecule has 0 saturated carbocycles. The van der Waals surface area contributed by atoms with Crippen molar-refractivity contribution in [2.24, 2.45) is 5.73 Å². The summed E-state index contributed by atoms with van der Waals surface area (Å²) in [5.41, 5.74) is 6.38. The van der Waals surface area contributed by atoms with Crippen molar-refractivity contribution in [2.45, 2.75) is 18.2 Å². The number of esters is 1. The summed E-state index contributed by atoms with van der Waals surface area (Å²) in [5.74, 6) is 0.841. The molecule has 0 fully saturated rings. The lowest BCUT2D eigenvalue weighted by Gasteiger charge is -2.09. The number of halogens is 1. The number of nitrogens with zero attached hydrogens (tertiary/aromatic N) is 1. The van der Waals surface area contributed by atoms with Gasteiger partial charge in [0.1, 0.15) is 6.04 Å². The molecule has 2 N–H and O–H groups in total. The number of hydrogen-bond acceptors (Lipinski definition) is 6. The van der Waals surface area contributed by atoms with Gasteiger partial charge in [-0.25, -0.2) is 0 Å². The lowest BCUT2D eigenvalue weighted by atomic mass is 10.2. The predicted octanol–water partition coefficient (Wildman–Crippen LogP) is 2.37. The second kappa shape index (κ2) is 8.08. The van der Waals surface area contributed by atoms with Crippen LogP contribution >= 0.6 is 23.4 Å². The molecule has 0 heterocycles. The number of nitro groups is 1. The van der Waals surface area contributed by atoms with Gasteiger partial charge in [0.05, 0.1) is 17.1 Å². The van der Waals surface area contributed by atoms with Gasteiger partial charge in [-0.05, 0) is 23.8 Å². The van der Waals surface area contributed by atoms with E-state index in [1.165, 1.54) is 19.2 Å². The summed E-state index contributed by atoms with van der Waals surface area (Å²) < 4.78 is 4.52. The topological polar surface area (TPSA) is 95.5 Å². The minimum Gasteiger partial charge on any atom is -0.468 e. The molecule has 20 heavy (non-hydrogen) atoms. The molecule has 1 aromatic rings. The van der Waals surface area contributed by atoms with Gasteiger partial charge in [-0.15, -0.1) is 0 Å². The van der Waals surface area contributed by atoms with Crippen LogP contribution in [0.2, 0.25) is 5.02 Å². The third-order valence-electron chi connectivity index (χ3n) is 2.58. The largest absolute Gasteiger partial charge is 0.468 e. The Balaban J connectivity index is 2.43. The molecular weight excluding hydrogens is 304 g/mol. The van der Waals surface area contributed by atoms with Crippen molar-refractivity contribution in [3.8, 4) is 0 Å². The molecule has 1 atom stereocenters. The fourth-order valence-electron chi connectivity index (χ4n) is 1.43. The molecule has 0 aliphatic rings. The predicted molar refractivity (Wildman–Crippen MR) is 78.9 cm³/mol. The second-order valence-corrected chi connectivity index (χ2v) is 5.52. The monoisotopic (exact) mass is 318 g/mol. The van der Waals surface area contributed by atoms with Gasteiger partial charge in [-0.1, -0.05) is 11.6 Å². The van der Waals surface area contributed by atoms with Gasteiger partial charge in [-0.3, -0.25) is 14.9 Å². The molecule has 1 unspecified atom stereocenters. The van der Waals surface area contributed by atoms with Crippen LogP contribution in [0.1, 0.15) is 12.0 Å². The highest BCUT2D eigenvalue weighted by Gasteiger charge is 2.13. The lowest BCUT2D eigenvalue weighted by molar-refractivity contribution is -0.384.